The van der Waals surface area contributed by atoms with E-state index < -0.39 is 46.9 Å². The number of halogens is 1. The lowest BCUT2D eigenvalue weighted by atomic mass is 9.77. The van der Waals surface area contributed by atoms with Gasteiger partial charge in [0.25, 0.3) is 0 Å². The maximum absolute atomic E-state index is 13.8. The van der Waals surface area contributed by atoms with E-state index in [4.69, 9.17) is 4.74 Å². The summed E-state index contributed by atoms with van der Waals surface area (Å²) >= 11 is 3.36. The van der Waals surface area contributed by atoms with Gasteiger partial charge in [-0.05, 0) is 36.8 Å². The first-order chi connectivity index (χ1) is 16.3. The molecule has 2 saturated heterocycles. The molecule has 0 radical (unpaired) electrons. The van der Waals surface area contributed by atoms with Crippen molar-refractivity contribution in [2.75, 3.05) is 4.90 Å². The standard InChI is InChI=1S/C27H18BrNO5/c1-14-6-8-15(9-7-14)22-20-21(26(33)29(25(20)32)17-12-10-16(28)11-13-17)27(34-22)23(30)18-4-2-3-5-19(18)24(27)31/h2-13,20-22H,1H3/t20-,21+,22+/m0/s1. The van der Waals surface area contributed by atoms with E-state index in [1.165, 1.54) is 0 Å². The van der Waals surface area contributed by atoms with Gasteiger partial charge in [0.05, 0.1) is 23.6 Å². The molecule has 2 fully saturated rings. The average molecular weight is 516 g/mol. The summed E-state index contributed by atoms with van der Waals surface area (Å²) in [4.78, 5) is 56.1. The zero-order chi connectivity index (χ0) is 23.8. The third kappa shape index (κ3) is 2.65. The highest BCUT2D eigenvalue weighted by Crippen LogP contribution is 2.57. The van der Waals surface area contributed by atoms with Gasteiger partial charge in [-0.3, -0.25) is 19.2 Å². The Bertz CT molecular complexity index is 1360. The molecule has 0 saturated carbocycles. The molecule has 2 amide bonds. The van der Waals surface area contributed by atoms with Gasteiger partial charge in [-0.25, -0.2) is 4.90 Å². The minimum absolute atomic E-state index is 0.221. The molecule has 34 heavy (non-hydrogen) atoms. The van der Waals surface area contributed by atoms with E-state index in [0.29, 0.717) is 11.3 Å². The predicted octanol–water partition coefficient (Wildman–Crippen LogP) is 4.45. The van der Waals surface area contributed by atoms with Crippen molar-refractivity contribution in [1.82, 2.24) is 0 Å². The van der Waals surface area contributed by atoms with Crippen LogP contribution in [0.2, 0.25) is 0 Å². The summed E-state index contributed by atoms with van der Waals surface area (Å²) in [6.07, 6.45) is -0.912. The van der Waals surface area contributed by atoms with Crippen LogP contribution >= 0.6 is 15.9 Å². The van der Waals surface area contributed by atoms with Crippen LogP contribution in [0.25, 0.3) is 0 Å². The number of nitrogens with zero attached hydrogens (tertiary/aromatic N) is 1. The summed E-state index contributed by atoms with van der Waals surface area (Å²) in [5.41, 5.74) is 0.435. The molecule has 3 aromatic rings. The number of ketones is 2. The Morgan fingerprint density at radius 1 is 0.794 bits per heavy atom. The van der Waals surface area contributed by atoms with Gasteiger partial charge in [0, 0.05) is 15.6 Å². The SMILES string of the molecule is Cc1ccc([C@H]2OC3(C(=O)c4ccccc4C3=O)[C@H]3C(=O)N(c4ccc(Br)cc4)C(=O)[C@H]23)cc1. The minimum Gasteiger partial charge on any atom is -0.349 e. The quantitative estimate of drug-likeness (QED) is 0.372. The molecule has 1 spiro atoms. The number of rotatable bonds is 2. The summed E-state index contributed by atoms with van der Waals surface area (Å²) in [7, 11) is 0. The molecular formula is C27H18BrNO5. The molecule has 7 heteroatoms. The van der Waals surface area contributed by atoms with Crippen molar-refractivity contribution < 1.29 is 23.9 Å². The third-order valence-electron chi connectivity index (χ3n) is 7.01. The summed E-state index contributed by atoms with van der Waals surface area (Å²) in [5, 5.41) is 0. The van der Waals surface area contributed by atoms with Crippen molar-refractivity contribution in [1.29, 1.82) is 0 Å². The van der Waals surface area contributed by atoms with Gasteiger partial charge in [-0.15, -0.1) is 0 Å². The normalized spacial score (nSPS) is 24.8. The molecular weight excluding hydrogens is 498 g/mol. The van der Waals surface area contributed by atoms with Crippen molar-refractivity contribution in [3.8, 4) is 0 Å². The highest BCUT2D eigenvalue weighted by molar-refractivity contribution is 9.10. The van der Waals surface area contributed by atoms with Crippen LogP contribution < -0.4 is 4.90 Å². The minimum atomic E-state index is -2.05. The number of fused-ring (bicyclic) bond motifs is 3. The van der Waals surface area contributed by atoms with Crippen LogP contribution in [-0.4, -0.2) is 29.0 Å². The fourth-order valence-electron chi connectivity index (χ4n) is 5.42. The molecule has 0 bridgehead atoms. The van der Waals surface area contributed by atoms with Crippen molar-refractivity contribution in [3.63, 3.8) is 0 Å². The Labute approximate surface area is 203 Å². The van der Waals surface area contributed by atoms with E-state index in [9.17, 15) is 19.2 Å². The fourth-order valence-corrected chi connectivity index (χ4v) is 5.68. The maximum Gasteiger partial charge on any atom is 0.241 e. The number of ether oxygens (including phenoxy) is 1. The lowest BCUT2D eigenvalue weighted by Crippen LogP contribution is -2.51. The van der Waals surface area contributed by atoms with Crippen LogP contribution in [0.5, 0.6) is 0 Å². The highest BCUT2D eigenvalue weighted by Gasteiger charge is 2.74. The lowest BCUT2D eigenvalue weighted by molar-refractivity contribution is -0.127. The van der Waals surface area contributed by atoms with Crippen molar-refractivity contribution in [2.24, 2.45) is 11.8 Å². The number of hydrogen-bond acceptors (Lipinski definition) is 5. The Morgan fingerprint density at radius 2 is 1.38 bits per heavy atom. The Hall–Kier alpha value is -3.42. The number of anilines is 1. The lowest BCUT2D eigenvalue weighted by Gasteiger charge is -2.27. The number of aryl methyl sites for hydroxylation is 1. The second kappa shape index (κ2) is 7.29. The van der Waals surface area contributed by atoms with Crippen LogP contribution in [0, 0.1) is 18.8 Å². The molecule has 0 N–H and O–H groups in total. The van der Waals surface area contributed by atoms with Crippen LogP contribution in [0.3, 0.4) is 0 Å². The number of amides is 2. The van der Waals surface area contributed by atoms with Gasteiger partial charge in [-0.1, -0.05) is 70.0 Å². The molecule has 2 heterocycles. The molecule has 2 aliphatic heterocycles. The summed E-state index contributed by atoms with van der Waals surface area (Å²) < 4.78 is 7.07. The van der Waals surface area contributed by atoms with Crippen LogP contribution in [0.1, 0.15) is 37.9 Å². The second-order valence-electron chi connectivity index (χ2n) is 8.88. The predicted molar refractivity (Wildman–Crippen MR) is 126 cm³/mol. The first kappa shape index (κ1) is 21.1. The Balaban J connectivity index is 1.54. The van der Waals surface area contributed by atoms with E-state index >= 15 is 0 Å². The van der Waals surface area contributed by atoms with Gasteiger partial charge in [0.2, 0.25) is 29.0 Å². The molecule has 0 aromatic heterocycles. The Kier molecular flexibility index (Phi) is 4.53. The van der Waals surface area contributed by atoms with E-state index in [0.717, 1.165) is 14.9 Å². The average Bonchev–Trinajstić information content (AvgIpc) is 3.40. The molecule has 1 aliphatic carbocycles. The molecule has 0 unspecified atom stereocenters. The molecule has 3 aromatic carbocycles. The van der Waals surface area contributed by atoms with Crippen molar-refractivity contribution in [2.45, 2.75) is 18.6 Å². The first-order valence-electron chi connectivity index (χ1n) is 10.9. The smallest absolute Gasteiger partial charge is 0.241 e. The zero-order valence-electron chi connectivity index (χ0n) is 18.0. The Morgan fingerprint density at radius 3 is 1.97 bits per heavy atom. The molecule has 3 aliphatic rings. The number of carbonyl (C=O) groups is 4. The highest BCUT2D eigenvalue weighted by atomic mass is 79.9. The fraction of sp³-hybridized carbons (Fsp3) is 0.185. The van der Waals surface area contributed by atoms with Crippen molar-refractivity contribution >= 4 is 45.0 Å². The zero-order valence-corrected chi connectivity index (χ0v) is 19.6. The van der Waals surface area contributed by atoms with Gasteiger partial charge in [0.15, 0.2) is 0 Å². The van der Waals surface area contributed by atoms with E-state index in [1.54, 1.807) is 48.5 Å². The number of imide groups is 1. The van der Waals surface area contributed by atoms with Gasteiger partial charge in [0.1, 0.15) is 0 Å². The summed E-state index contributed by atoms with van der Waals surface area (Å²) in [6.45, 7) is 1.93. The van der Waals surface area contributed by atoms with E-state index in [2.05, 4.69) is 15.9 Å². The largest absolute Gasteiger partial charge is 0.349 e. The molecule has 168 valence electrons. The third-order valence-corrected chi connectivity index (χ3v) is 7.54. The van der Waals surface area contributed by atoms with Gasteiger partial charge in [-0.2, -0.15) is 0 Å². The van der Waals surface area contributed by atoms with Crippen LogP contribution in [0.15, 0.2) is 77.3 Å². The van der Waals surface area contributed by atoms with Crippen molar-refractivity contribution in [3.05, 3.63) is 99.5 Å². The number of hydrogen-bond donors (Lipinski definition) is 0. The number of benzene rings is 3. The summed E-state index contributed by atoms with van der Waals surface area (Å²) in [5.74, 6) is -4.44. The van der Waals surface area contributed by atoms with E-state index in [1.807, 2.05) is 31.2 Å². The molecule has 6 rings (SSSR count). The van der Waals surface area contributed by atoms with Crippen LogP contribution in [-0.2, 0) is 14.3 Å². The topological polar surface area (TPSA) is 80.8 Å². The maximum atomic E-state index is 13.8. The first-order valence-corrected chi connectivity index (χ1v) is 11.7. The summed E-state index contributed by atoms with van der Waals surface area (Å²) in [6, 6.07) is 20.6. The number of carbonyl (C=O) groups excluding carboxylic acids is 4. The van der Waals surface area contributed by atoms with Gasteiger partial charge < -0.3 is 4.74 Å². The monoisotopic (exact) mass is 515 g/mol. The molecule has 6 nitrogen and oxygen atoms in total. The second-order valence-corrected chi connectivity index (χ2v) is 9.80. The number of Topliss-reactive ketones (excluding diaryl/α,β-unsaturated/α-hetero) is 2. The van der Waals surface area contributed by atoms with Crippen LogP contribution in [0.4, 0.5) is 5.69 Å². The van der Waals surface area contributed by atoms with Gasteiger partial charge >= 0.3 is 0 Å². The molecule has 3 atom stereocenters. The van der Waals surface area contributed by atoms with E-state index in [-0.39, 0.29) is 11.1 Å².